The molecule has 0 radical (unpaired) electrons. The predicted octanol–water partition coefficient (Wildman–Crippen LogP) is 0.136. The number of aliphatic hydroxyl groups is 1. The Morgan fingerprint density at radius 3 is 2.06 bits per heavy atom. The fourth-order valence-electron chi connectivity index (χ4n) is 1.20. The van der Waals surface area contributed by atoms with Crippen LogP contribution in [0.25, 0.3) is 0 Å². The Balaban J connectivity index is 0. The standard InChI is InChI=1S/C7H15NO3.C5H9ClO/c1-8(2,3)5-6(9)4-7(10)11;1-2-3-4-5(6)7/h6,9H,4-5H2,1-3H3;2-4H2,1H3/t6-;/m1./s1. The number of aliphatic hydroxyl groups excluding tert-OH is 1. The van der Waals surface area contributed by atoms with Crippen molar-refractivity contribution in [2.75, 3.05) is 27.7 Å². The van der Waals surface area contributed by atoms with Crippen LogP contribution in [0, 0.1) is 0 Å². The molecule has 6 heteroatoms. The lowest BCUT2D eigenvalue weighted by atomic mass is 10.2. The Morgan fingerprint density at radius 2 is 1.83 bits per heavy atom. The molecule has 0 saturated carbocycles. The second kappa shape index (κ2) is 10.3. The SMILES string of the molecule is CCCCC(=O)Cl.C[N+](C)(C)C[C@H](O)CC(=O)[O-]. The smallest absolute Gasteiger partial charge is 0.221 e. The number of carbonyl (C=O) groups excluding carboxylic acids is 2. The minimum absolute atomic E-state index is 0.221. The van der Waals surface area contributed by atoms with Crippen molar-refractivity contribution in [1.29, 1.82) is 0 Å². The van der Waals surface area contributed by atoms with E-state index in [0.717, 1.165) is 12.8 Å². The minimum Gasteiger partial charge on any atom is -0.550 e. The van der Waals surface area contributed by atoms with E-state index in [9.17, 15) is 14.7 Å². The molecule has 0 unspecified atom stereocenters. The molecule has 0 amide bonds. The quantitative estimate of drug-likeness (QED) is 0.532. The van der Waals surface area contributed by atoms with E-state index in [4.69, 9.17) is 16.7 Å². The zero-order chi connectivity index (χ0) is 14.8. The summed E-state index contributed by atoms with van der Waals surface area (Å²) in [6.45, 7) is 2.45. The van der Waals surface area contributed by atoms with E-state index in [2.05, 4.69) is 0 Å². The lowest BCUT2D eigenvalue weighted by molar-refractivity contribution is -0.873. The van der Waals surface area contributed by atoms with E-state index in [-0.39, 0.29) is 11.7 Å². The number of hydrogen-bond acceptors (Lipinski definition) is 4. The van der Waals surface area contributed by atoms with Gasteiger partial charge in [-0.1, -0.05) is 13.3 Å². The topological polar surface area (TPSA) is 77.4 Å². The van der Waals surface area contributed by atoms with Gasteiger partial charge in [-0.25, -0.2) is 0 Å². The molecule has 0 aromatic heterocycles. The van der Waals surface area contributed by atoms with Crippen LogP contribution in [0.4, 0.5) is 0 Å². The number of rotatable bonds is 7. The summed E-state index contributed by atoms with van der Waals surface area (Å²) >= 11 is 5.02. The van der Waals surface area contributed by atoms with Gasteiger partial charge in [-0.05, 0) is 18.0 Å². The molecule has 5 nitrogen and oxygen atoms in total. The van der Waals surface area contributed by atoms with E-state index < -0.39 is 12.1 Å². The molecule has 0 rings (SSSR count). The van der Waals surface area contributed by atoms with Crippen LogP contribution >= 0.6 is 11.6 Å². The van der Waals surface area contributed by atoms with Gasteiger partial charge >= 0.3 is 0 Å². The zero-order valence-corrected chi connectivity index (χ0v) is 12.4. The molecule has 0 aromatic carbocycles. The second-order valence-electron chi connectivity index (χ2n) is 5.16. The molecule has 0 saturated heterocycles. The molecule has 0 heterocycles. The highest BCUT2D eigenvalue weighted by molar-refractivity contribution is 6.63. The lowest BCUT2D eigenvalue weighted by Gasteiger charge is -2.26. The van der Waals surface area contributed by atoms with Gasteiger partial charge in [0.1, 0.15) is 12.6 Å². The van der Waals surface area contributed by atoms with Crippen LogP contribution < -0.4 is 5.11 Å². The summed E-state index contributed by atoms with van der Waals surface area (Å²) in [5, 5.41) is 18.9. The molecule has 0 aliphatic rings. The van der Waals surface area contributed by atoms with Crippen LogP contribution in [0.2, 0.25) is 0 Å². The molecular formula is C12H24ClNO4. The second-order valence-corrected chi connectivity index (χ2v) is 5.58. The van der Waals surface area contributed by atoms with E-state index >= 15 is 0 Å². The van der Waals surface area contributed by atoms with Crippen LogP contribution in [-0.2, 0) is 9.59 Å². The highest BCUT2D eigenvalue weighted by Gasteiger charge is 2.14. The monoisotopic (exact) mass is 281 g/mol. The number of carbonyl (C=O) groups is 2. The summed E-state index contributed by atoms with van der Waals surface area (Å²) in [5.41, 5.74) is 0. The highest BCUT2D eigenvalue weighted by atomic mass is 35.5. The average Bonchev–Trinajstić information content (AvgIpc) is 2.10. The van der Waals surface area contributed by atoms with Crippen molar-refractivity contribution >= 4 is 22.8 Å². The number of carboxylic acids is 1. The molecule has 0 fully saturated rings. The van der Waals surface area contributed by atoms with Crippen LogP contribution in [0.3, 0.4) is 0 Å². The van der Waals surface area contributed by atoms with Gasteiger partial charge in [-0.2, -0.15) is 0 Å². The maximum absolute atomic E-state index is 10.0. The number of nitrogens with zero attached hydrogens (tertiary/aromatic N) is 1. The number of carboxylic acid groups (broad SMARTS) is 1. The molecule has 1 N–H and O–H groups in total. The Bertz CT molecular complexity index is 251. The van der Waals surface area contributed by atoms with Gasteiger partial charge in [0.15, 0.2) is 0 Å². The lowest BCUT2D eigenvalue weighted by Crippen LogP contribution is -2.43. The van der Waals surface area contributed by atoms with Crippen LogP contribution in [0.1, 0.15) is 32.6 Å². The summed E-state index contributed by atoms with van der Waals surface area (Å²) < 4.78 is 0.550. The summed E-state index contributed by atoms with van der Waals surface area (Å²) in [6.07, 6.45) is 1.40. The zero-order valence-electron chi connectivity index (χ0n) is 11.6. The molecule has 0 aliphatic carbocycles. The maximum Gasteiger partial charge on any atom is 0.221 e. The molecule has 0 spiro atoms. The fourth-order valence-corrected chi connectivity index (χ4v) is 1.34. The third-order valence-electron chi connectivity index (χ3n) is 1.89. The number of aliphatic carboxylic acids is 1. The van der Waals surface area contributed by atoms with Gasteiger partial charge in [0.2, 0.25) is 5.24 Å². The largest absolute Gasteiger partial charge is 0.550 e. The molecule has 1 atom stereocenters. The van der Waals surface area contributed by atoms with Crippen molar-refractivity contribution in [2.45, 2.75) is 38.7 Å². The Kier molecular flexibility index (Phi) is 11.3. The summed E-state index contributed by atoms with van der Waals surface area (Å²) in [5.74, 6) is -1.20. The molecule has 0 aromatic rings. The number of hydrogen-bond donors (Lipinski definition) is 1. The average molecular weight is 282 g/mol. The third-order valence-corrected chi connectivity index (χ3v) is 2.08. The van der Waals surface area contributed by atoms with Crippen molar-refractivity contribution in [3.8, 4) is 0 Å². The van der Waals surface area contributed by atoms with Gasteiger partial charge in [0, 0.05) is 18.8 Å². The van der Waals surface area contributed by atoms with Gasteiger partial charge < -0.3 is 19.5 Å². The molecule has 0 bridgehead atoms. The van der Waals surface area contributed by atoms with Crippen molar-refractivity contribution in [1.82, 2.24) is 0 Å². The van der Waals surface area contributed by atoms with Crippen molar-refractivity contribution < 1.29 is 24.3 Å². The number of unbranched alkanes of at least 4 members (excludes halogenated alkanes) is 1. The number of halogens is 1. The van der Waals surface area contributed by atoms with Crippen molar-refractivity contribution in [3.05, 3.63) is 0 Å². The van der Waals surface area contributed by atoms with Gasteiger partial charge in [-0.15, -0.1) is 0 Å². The summed E-state index contributed by atoms with van der Waals surface area (Å²) in [6, 6.07) is 0. The van der Waals surface area contributed by atoms with Crippen molar-refractivity contribution in [3.63, 3.8) is 0 Å². The van der Waals surface area contributed by atoms with Crippen LogP contribution in [0.15, 0.2) is 0 Å². The number of likely N-dealkylation sites (N-methyl/N-ethyl adjacent to an activating group) is 1. The van der Waals surface area contributed by atoms with Crippen LogP contribution in [0.5, 0.6) is 0 Å². The first-order chi connectivity index (χ1) is 8.08. The Morgan fingerprint density at radius 1 is 1.33 bits per heavy atom. The summed E-state index contributed by atoms with van der Waals surface area (Å²) in [4.78, 5) is 20.0. The fraction of sp³-hybridized carbons (Fsp3) is 0.833. The summed E-state index contributed by atoms with van der Waals surface area (Å²) in [7, 11) is 5.66. The molecule has 0 aliphatic heterocycles. The first-order valence-electron chi connectivity index (χ1n) is 5.95. The molecule has 18 heavy (non-hydrogen) atoms. The van der Waals surface area contributed by atoms with Crippen molar-refractivity contribution in [2.24, 2.45) is 0 Å². The minimum atomic E-state index is -1.20. The normalized spacial score (nSPS) is 12.3. The maximum atomic E-state index is 10.0. The Labute approximate surface area is 114 Å². The Hall–Kier alpha value is -0.650. The van der Waals surface area contributed by atoms with Gasteiger partial charge in [0.05, 0.1) is 21.1 Å². The molecular weight excluding hydrogens is 258 g/mol. The highest BCUT2D eigenvalue weighted by Crippen LogP contribution is 1.98. The van der Waals surface area contributed by atoms with E-state index in [1.165, 1.54) is 0 Å². The van der Waals surface area contributed by atoms with Gasteiger partial charge in [0.25, 0.3) is 0 Å². The van der Waals surface area contributed by atoms with E-state index in [1.54, 1.807) is 0 Å². The molecule has 108 valence electrons. The number of quaternary nitrogens is 1. The van der Waals surface area contributed by atoms with E-state index in [0.29, 0.717) is 17.4 Å². The first kappa shape index (κ1) is 19.7. The first-order valence-corrected chi connectivity index (χ1v) is 6.33. The predicted molar refractivity (Wildman–Crippen MR) is 68.9 cm³/mol. The van der Waals surface area contributed by atoms with Crippen LogP contribution in [-0.4, -0.2) is 54.6 Å². The van der Waals surface area contributed by atoms with E-state index in [1.807, 2.05) is 28.1 Å². The third kappa shape index (κ3) is 20.7. The van der Waals surface area contributed by atoms with Gasteiger partial charge in [-0.3, -0.25) is 4.79 Å².